The fourth-order valence-electron chi connectivity index (χ4n) is 5.27. The number of hydrogen-bond donors (Lipinski definition) is 1. The second-order valence-electron chi connectivity index (χ2n) is 11.9. The Labute approximate surface area is 303 Å². The Kier molecular flexibility index (Phi) is 13.7. The molecule has 0 radical (unpaired) electrons. The highest BCUT2D eigenvalue weighted by molar-refractivity contribution is 9.10. The molecule has 0 bridgehead atoms. The van der Waals surface area contributed by atoms with E-state index in [2.05, 4.69) is 21.2 Å². The third kappa shape index (κ3) is 10.0. The Bertz CT molecular complexity index is 1820. The van der Waals surface area contributed by atoms with Crippen molar-refractivity contribution in [3.05, 3.63) is 113 Å². The van der Waals surface area contributed by atoms with Gasteiger partial charge in [-0.05, 0) is 72.5 Å². The highest BCUT2D eigenvalue weighted by Crippen LogP contribution is 2.33. The summed E-state index contributed by atoms with van der Waals surface area (Å²) in [5.74, 6) is 0.399. The summed E-state index contributed by atoms with van der Waals surface area (Å²) in [6.45, 7) is 6.14. The lowest BCUT2D eigenvalue weighted by atomic mass is 10.0. The molecule has 0 fully saturated rings. The van der Waals surface area contributed by atoms with E-state index in [4.69, 9.17) is 14.2 Å². The third-order valence-corrected chi connectivity index (χ3v) is 10.2. The molecule has 1 N–H and O–H groups in total. The third-order valence-electron chi connectivity index (χ3n) is 7.88. The van der Waals surface area contributed by atoms with Crippen molar-refractivity contribution >= 4 is 43.5 Å². The fraction of sp³-hybridized carbons (Fsp3) is 0.316. The Morgan fingerprint density at radius 3 is 2.10 bits per heavy atom. The van der Waals surface area contributed by atoms with Crippen LogP contribution in [0.1, 0.15) is 31.9 Å². The number of benzene rings is 4. The van der Waals surface area contributed by atoms with E-state index in [1.165, 1.54) is 37.3 Å². The van der Waals surface area contributed by atoms with Gasteiger partial charge in [-0.2, -0.15) is 0 Å². The van der Waals surface area contributed by atoms with Gasteiger partial charge in [-0.25, -0.2) is 8.42 Å². The maximum Gasteiger partial charge on any atom is 0.264 e. The predicted molar refractivity (Wildman–Crippen MR) is 198 cm³/mol. The zero-order chi connectivity index (χ0) is 36.3. The minimum Gasteiger partial charge on any atom is -0.494 e. The second kappa shape index (κ2) is 17.9. The van der Waals surface area contributed by atoms with E-state index in [0.717, 1.165) is 19.9 Å². The molecule has 0 unspecified atom stereocenters. The van der Waals surface area contributed by atoms with Gasteiger partial charge >= 0.3 is 0 Å². The molecule has 50 heavy (non-hydrogen) atoms. The van der Waals surface area contributed by atoms with Crippen molar-refractivity contribution < 1.29 is 32.2 Å². The van der Waals surface area contributed by atoms with Crippen LogP contribution in [0.15, 0.2) is 106 Å². The summed E-state index contributed by atoms with van der Waals surface area (Å²) < 4.78 is 47.2. The van der Waals surface area contributed by atoms with Crippen molar-refractivity contribution in [1.29, 1.82) is 0 Å². The van der Waals surface area contributed by atoms with E-state index in [9.17, 15) is 18.0 Å². The molecule has 4 aromatic carbocycles. The van der Waals surface area contributed by atoms with Crippen LogP contribution < -0.4 is 23.8 Å². The lowest BCUT2D eigenvalue weighted by Gasteiger charge is -2.34. The van der Waals surface area contributed by atoms with Gasteiger partial charge < -0.3 is 24.4 Å². The van der Waals surface area contributed by atoms with Gasteiger partial charge in [-0.15, -0.1) is 0 Å². The molecule has 266 valence electrons. The zero-order valence-electron chi connectivity index (χ0n) is 29.0. The summed E-state index contributed by atoms with van der Waals surface area (Å²) >= 11 is 3.46. The molecule has 0 saturated carbocycles. The molecule has 2 amide bonds. The molecule has 0 spiro atoms. The number of rotatable bonds is 17. The fourth-order valence-corrected chi connectivity index (χ4v) is 6.97. The van der Waals surface area contributed by atoms with Crippen LogP contribution >= 0.6 is 15.9 Å². The zero-order valence-corrected chi connectivity index (χ0v) is 31.4. The van der Waals surface area contributed by atoms with Crippen LogP contribution in [0.2, 0.25) is 0 Å². The SMILES string of the molecule is CCOc1ccc(N(CC(=O)N(Cc2ccc(Br)cc2)[C@H](Cc2ccccc2)C(=O)NCC(C)C)S(=O)(=O)c2ccc(OC)c(OC)c2)cc1. The van der Waals surface area contributed by atoms with Crippen molar-refractivity contribution in [3.63, 3.8) is 0 Å². The largest absolute Gasteiger partial charge is 0.494 e. The number of nitrogens with zero attached hydrogens (tertiary/aromatic N) is 2. The Balaban J connectivity index is 1.83. The number of nitrogens with one attached hydrogen (secondary N) is 1. The molecule has 4 rings (SSSR count). The lowest BCUT2D eigenvalue weighted by Crippen LogP contribution is -2.53. The molecule has 0 heterocycles. The summed E-state index contributed by atoms with van der Waals surface area (Å²) in [6.07, 6.45) is 0.221. The monoisotopic (exact) mass is 765 g/mol. The highest BCUT2D eigenvalue weighted by Gasteiger charge is 2.35. The standard InChI is InChI=1S/C38H44BrN3O7S/c1-6-49-32-18-16-31(17-19-32)42(50(45,46)33-20-21-35(47-4)36(23-33)48-5)26-37(43)41(25-29-12-14-30(39)15-13-29)34(38(44)40-24-27(2)3)22-28-10-8-7-9-11-28/h7-21,23,27,34H,6,22,24-26H2,1-5H3,(H,40,44)/t34-/m1/s1. The molecule has 0 aromatic heterocycles. The van der Waals surface area contributed by atoms with E-state index in [0.29, 0.717) is 24.7 Å². The highest BCUT2D eigenvalue weighted by atomic mass is 79.9. The smallest absolute Gasteiger partial charge is 0.264 e. The van der Waals surface area contributed by atoms with Crippen molar-refractivity contribution in [2.45, 2.75) is 44.7 Å². The normalized spacial score (nSPS) is 11.8. The molecule has 0 aliphatic carbocycles. The minimum atomic E-state index is -4.37. The van der Waals surface area contributed by atoms with Gasteiger partial charge in [-0.3, -0.25) is 13.9 Å². The molecule has 12 heteroatoms. The van der Waals surface area contributed by atoms with Crippen LogP contribution in [0.3, 0.4) is 0 Å². The molecular weight excluding hydrogens is 722 g/mol. The van der Waals surface area contributed by atoms with Gasteiger partial charge in [0.25, 0.3) is 10.0 Å². The average Bonchev–Trinajstić information content (AvgIpc) is 3.12. The van der Waals surface area contributed by atoms with Gasteiger partial charge in [0.15, 0.2) is 11.5 Å². The first-order chi connectivity index (χ1) is 24.0. The van der Waals surface area contributed by atoms with Crippen molar-refractivity contribution in [3.8, 4) is 17.2 Å². The summed E-state index contributed by atoms with van der Waals surface area (Å²) in [7, 11) is -1.49. The van der Waals surface area contributed by atoms with Gasteiger partial charge in [0.1, 0.15) is 18.3 Å². The Morgan fingerprint density at radius 2 is 1.50 bits per heavy atom. The second-order valence-corrected chi connectivity index (χ2v) is 14.7. The topological polar surface area (TPSA) is 114 Å². The number of sulfonamides is 1. The van der Waals surface area contributed by atoms with Crippen LogP contribution in [0.25, 0.3) is 0 Å². The predicted octanol–water partition coefficient (Wildman–Crippen LogP) is 6.47. The first-order valence-corrected chi connectivity index (χ1v) is 18.5. The maximum atomic E-state index is 14.7. The number of methoxy groups -OCH3 is 2. The molecule has 0 aliphatic heterocycles. The quantitative estimate of drug-likeness (QED) is 0.131. The van der Waals surface area contributed by atoms with E-state index >= 15 is 0 Å². The van der Waals surface area contributed by atoms with E-state index in [-0.39, 0.29) is 41.1 Å². The van der Waals surface area contributed by atoms with Crippen molar-refractivity contribution in [2.75, 3.05) is 38.2 Å². The van der Waals surface area contributed by atoms with Crippen LogP contribution in [-0.2, 0) is 32.6 Å². The summed E-state index contributed by atoms with van der Waals surface area (Å²) in [6, 6.07) is 26.7. The first-order valence-electron chi connectivity index (χ1n) is 16.3. The van der Waals surface area contributed by atoms with Gasteiger partial charge in [0, 0.05) is 30.0 Å². The Hall–Kier alpha value is -4.55. The molecule has 1 atom stereocenters. The van der Waals surface area contributed by atoms with Crippen LogP contribution in [0, 0.1) is 5.92 Å². The number of hydrogen-bond acceptors (Lipinski definition) is 7. The summed E-state index contributed by atoms with van der Waals surface area (Å²) in [4.78, 5) is 30.0. The minimum absolute atomic E-state index is 0.0617. The average molecular weight is 767 g/mol. The number of carbonyl (C=O) groups excluding carboxylic acids is 2. The van der Waals surface area contributed by atoms with Gasteiger partial charge in [0.2, 0.25) is 11.8 Å². The maximum absolute atomic E-state index is 14.7. The first kappa shape index (κ1) is 38.3. The Morgan fingerprint density at radius 1 is 0.840 bits per heavy atom. The molecule has 0 aliphatic rings. The van der Waals surface area contributed by atoms with Gasteiger partial charge in [-0.1, -0.05) is 72.2 Å². The van der Waals surface area contributed by atoms with Gasteiger partial charge in [0.05, 0.1) is 31.4 Å². The van der Waals surface area contributed by atoms with Crippen molar-refractivity contribution in [2.24, 2.45) is 5.92 Å². The van der Waals surface area contributed by atoms with E-state index < -0.39 is 28.5 Å². The van der Waals surface area contributed by atoms with Crippen LogP contribution in [0.4, 0.5) is 5.69 Å². The van der Waals surface area contributed by atoms with E-state index in [1.54, 1.807) is 24.3 Å². The van der Waals surface area contributed by atoms with E-state index in [1.807, 2.05) is 75.4 Å². The number of amides is 2. The number of carbonyl (C=O) groups is 2. The number of halogens is 1. The summed E-state index contributed by atoms with van der Waals surface area (Å²) in [5.41, 5.74) is 1.86. The molecule has 10 nitrogen and oxygen atoms in total. The van der Waals surface area contributed by atoms with Crippen LogP contribution in [0.5, 0.6) is 17.2 Å². The number of anilines is 1. The summed E-state index contributed by atoms with van der Waals surface area (Å²) in [5, 5.41) is 3.00. The van der Waals surface area contributed by atoms with Crippen molar-refractivity contribution in [1.82, 2.24) is 10.2 Å². The lowest BCUT2D eigenvalue weighted by molar-refractivity contribution is -0.140. The number of ether oxygens (including phenoxy) is 3. The molecule has 4 aromatic rings. The molecule has 0 saturated heterocycles. The van der Waals surface area contributed by atoms with Crippen LogP contribution in [-0.4, -0.2) is 65.1 Å². The molecular formula is C38H44BrN3O7S.